The molecule has 9 atom stereocenters. The van der Waals surface area contributed by atoms with Crippen molar-refractivity contribution < 1.29 is 43.3 Å². The molecule has 6 rings (SSSR count). The van der Waals surface area contributed by atoms with E-state index in [1.807, 2.05) is 7.05 Å². The van der Waals surface area contributed by atoms with E-state index >= 15 is 0 Å². The molecule has 48 heavy (non-hydrogen) atoms. The number of esters is 2. The van der Waals surface area contributed by atoms with Crippen molar-refractivity contribution in [2.45, 2.75) is 73.4 Å². The molecule has 1 saturated carbocycles. The number of benzene rings is 2. The van der Waals surface area contributed by atoms with E-state index in [1.54, 1.807) is 68.4 Å². The van der Waals surface area contributed by atoms with Gasteiger partial charge in [0.15, 0.2) is 5.78 Å². The quantitative estimate of drug-likeness (QED) is 0.249. The number of rotatable bonds is 10. The van der Waals surface area contributed by atoms with Gasteiger partial charge < -0.3 is 25.2 Å². The number of ketones is 1. The van der Waals surface area contributed by atoms with E-state index in [2.05, 4.69) is 15.5 Å². The van der Waals surface area contributed by atoms with Crippen LogP contribution in [0.3, 0.4) is 0 Å². The first-order valence-electron chi connectivity index (χ1n) is 16.0. The standard InChI is InChI=1S/C35H39N3O9S/c1-35(2)25(32(42)43)24-27(39)26(29(24)48-35)37-31(41)22(18-8-6-5-7-9-18)30(40)36-16-17-10-12-19(13-11-17)33(44)47-28-21-15-14-20(38(21)3)23(28)34(45)46-4/h5-13,20-26,28-29H,14-16H2,1-4H3,(H,36,40)(H,37,41)(H,42,43). The number of fused-ring (bicyclic) bond motifs is 3. The number of carboxylic acids is 1. The molecular formula is C35H39N3O9S. The van der Waals surface area contributed by atoms with Crippen molar-refractivity contribution in [3.8, 4) is 0 Å². The van der Waals surface area contributed by atoms with Crippen LogP contribution in [0.2, 0.25) is 0 Å². The molecule has 2 amide bonds. The van der Waals surface area contributed by atoms with Crippen LogP contribution in [0.4, 0.5) is 0 Å². The molecule has 4 aliphatic rings. The number of aliphatic carboxylic acids is 1. The Hall–Kier alpha value is -4.23. The topological polar surface area (TPSA) is 168 Å². The first-order chi connectivity index (χ1) is 22.8. The molecule has 2 aromatic rings. The number of carbonyl (C=O) groups is 6. The fourth-order valence-corrected chi connectivity index (χ4v) is 9.85. The lowest BCUT2D eigenvalue weighted by molar-refractivity contribution is -0.151. The zero-order valence-corrected chi connectivity index (χ0v) is 27.9. The third-order valence-corrected chi connectivity index (χ3v) is 12.1. The van der Waals surface area contributed by atoms with E-state index < -0.39 is 75.5 Å². The summed E-state index contributed by atoms with van der Waals surface area (Å²) in [6.07, 6.45) is 1.06. The van der Waals surface area contributed by atoms with Gasteiger partial charge >= 0.3 is 17.9 Å². The molecule has 4 fully saturated rings. The lowest BCUT2D eigenvalue weighted by Gasteiger charge is -2.39. The highest BCUT2D eigenvalue weighted by molar-refractivity contribution is 8.01. The number of thioether (sulfide) groups is 1. The molecule has 3 saturated heterocycles. The first-order valence-corrected chi connectivity index (χ1v) is 16.9. The van der Waals surface area contributed by atoms with Gasteiger partial charge in [-0.15, -0.1) is 11.8 Å². The number of hydrogen-bond acceptors (Lipinski definition) is 10. The van der Waals surface area contributed by atoms with Crippen molar-refractivity contribution in [2.24, 2.45) is 17.8 Å². The van der Waals surface area contributed by atoms with Gasteiger partial charge in [-0.2, -0.15) is 0 Å². The van der Waals surface area contributed by atoms with Gasteiger partial charge in [-0.25, -0.2) is 4.79 Å². The number of carboxylic acid groups (broad SMARTS) is 1. The second kappa shape index (κ2) is 13.0. The first kappa shape index (κ1) is 33.7. The summed E-state index contributed by atoms with van der Waals surface area (Å²) in [5.41, 5.74) is 1.40. The summed E-state index contributed by atoms with van der Waals surface area (Å²) in [6, 6.07) is 14.0. The lowest BCUT2D eigenvalue weighted by atomic mass is 9.67. The average Bonchev–Trinajstić information content (AvgIpc) is 3.65. The van der Waals surface area contributed by atoms with Gasteiger partial charge in [0.2, 0.25) is 11.8 Å². The predicted octanol–water partition coefficient (Wildman–Crippen LogP) is 2.16. The average molecular weight is 678 g/mol. The minimum atomic E-state index is -1.26. The maximum Gasteiger partial charge on any atom is 0.338 e. The summed E-state index contributed by atoms with van der Waals surface area (Å²) in [4.78, 5) is 79.7. The van der Waals surface area contributed by atoms with Gasteiger partial charge in [0.05, 0.1) is 18.6 Å². The molecule has 2 bridgehead atoms. The molecule has 3 N–H and O–H groups in total. The molecule has 9 unspecified atom stereocenters. The number of likely N-dealkylation sites (N-methyl/N-ethyl adjacent to an activating group) is 1. The Labute approximate surface area is 282 Å². The van der Waals surface area contributed by atoms with E-state index in [0.29, 0.717) is 16.7 Å². The largest absolute Gasteiger partial charge is 0.481 e. The van der Waals surface area contributed by atoms with Crippen molar-refractivity contribution in [3.63, 3.8) is 0 Å². The van der Waals surface area contributed by atoms with Gasteiger partial charge in [0.25, 0.3) is 0 Å². The maximum absolute atomic E-state index is 13.6. The highest BCUT2D eigenvalue weighted by atomic mass is 32.2. The molecule has 13 heteroatoms. The van der Waals surface area contributed by atoms with E-state index in [9.17, 15) is 33.9 Å². The fraction of sp³-hybridized carbons (Fsp3) is 0.486. The van der Waals surface area contributed by atoms with Crippen LogP contribution in [0, 0.1) is 17.8 Å². The van der Waals surface area contributed by atoms with Crippen LogP contribution in [-0.2, 0) is 40.0 Å². The van der Waals surface area contributed by atoms with E-state index in [-0.39, 0.29) is 24.4 Å². The minimum Gasteiger partial charge on any atom is -0.481 e. The second-order valence-corrected chi connectivity index (χ2v) is 15.3. The summed E-state index contributed by atoms with van der Waals surface area (Å²) in [7, 11) is 3.26. The van der Waals surface area contributed by atoms with Crippen LogP contribution in [0.25, 0.3) is 0 Å². The van der Waals surface area contributed by atoms with E-state index in [0.717, 1.165) is 12.8 Å². The van der Waals surface area contributed by atoms with Crippen molar-refractivity contribution >= 4 is 47.3 Å². The smallest absolute Gasteiger partial charge is 0.338 e. The number of methoxy groups -OCH3 is 1. The molecule has 12 nitrogen and oxygen atoms in total. The Kier molecular flexibility index (Phi) is 9.12. The summed E-state index contributed by atoms with van der Waals surface area (Å²) in [5, 5.41) is 14.9. The maximum atomic E-state index is 13.6. The molecule has 1 aliphatic carbocycles. The highest BCUT2D eigenvalue weighted by Crippen LogP contribution is 2.57. The lowest BCUT2D eigenvalue weighted by Crippen LogP contribution is -2.64. The Balaban J connectivity index is 1.09. The van der Waals surface area contributed by atoms with Crippen molar-refractivity contribution in [3.05, 3.63) is 71.3 Å². The summed E-state index contributed by atoms with van der Waals surface area (Å²) >= 11 is 1.38. The number of nitrogens with one attached hydrogen (secondary N) is 2. The van der Waals surface area contributed by atoms with Crippen LogP contribution in [0.15, 0.2) is 54.6 Å². The zero-order chi connectivity index (χ0) is 34.5. The minimum absolute atomic E-state index is 0.0304. The second-order valence-electron chi connectivity index (χ2n) is 13.5. The number of ether oxygens (including phenoxy) is 2. The SMILES string of the molecule is COC(=O)C1C(OC(=O)c2ccc(CNC(=O)C(C(=O)NC3C(=O)C4C3SC(C)(C)C4C(=O)O)c3ccccc3)cc2)C2CCC1N2C. The third kappa shape index (κ3) is 5.87. The fourth-order valence-electron chi connectivity index (χ4n) is 7.98. The number of amides is 2. The van der Waals surface area contributed by atoms with Crippen LogP contribution in [0.5, 0.6) is 0 Å². The van der Waals surface area contributed by atoms with Gasteiger partial charge in [-0.3, -0.25) is 28.9 Å². The Bertz CT molecular complexity index is 1630. The predicted molar refractivity (Wildman–Crippen MR) is 174 cm³/mol. The number of carbonyl (C=O) groups excluding carboxylic acids is 5. The van der Waals surface area contributed by atoms with Crippen LogP contribution >= 0.6 is 11.8 Å². The summed E-state index contributed by atoms with van der Waals surface area (Å²) in [5.74, 6) is -6.90. The van der Waals surface area contributed by atoms with Crippen LogP contribution < -0.4 is 10.6 Å². The normalized spacial score (nSPS) is 30.5. The Morgan fingerprint density at radius 1 is 1.00 bits per heavy atom. The number of nitrogens with zero attached hydrogens (tertiary/aromatic N) is 1. The zero-order valence-electron chi connectivity index (χ0n) is 27.1. The van der Waals surface area contributed by atoms with Gasteiger partial charge in [-0.05, 0) is 57.0 Å². The Morgan fingerprint density at radius 3 is 2.31 bits per heavy atom. The molecule has 0 spiro atoms. The van der Waals surface area contributed by atoms with Crippen molar-refractivity contribution in [2.75, 3.05) is 14.2 Å². The molecule has 3 aliphatic heterocycles. The monoisotopic (exact) mass is 677 g/mol. The Morgan fingerprint density at radius 2 is 1.67 bits per heavy atom. The molecule has 0 aromatic heterocycles. The van der Waals surface area contributed by atoms with E-state index in [1.165, 1.54) is 18.9 Å². The summed E-state index contributed by atoms with van der Waals surface area (Å²) < 4.78 is 10.1. The molecular weight excluding hydrogens is 638 g/mol. The molecule has 254 valence electrons. The number of Topliss-reactive ketones (excluding diaryl/α,β-unsaturated/α-hetero) is 1. The van der Waals surface area contributed by atoms with E-state index in [4.69, 9.17) is 9.47 Å². The molecule has 2 aromatic carbocycles. The van der Waals surface area contributed by atoms with Gasteiger partial charge in [0.1, 0.15) is 24.0 Å². The molecule has 3 heterocycles. The molecule has 0 radical (unpaired) electrons. The van der Waals surface area contributed by atoms with Gasteiger partial charge in [-0.1, -0.05) is 42.5 Å². The van der Waals surface area contributed by atoms with Crippen LogP contribution in [0.1, 0.15) is 54.1 Å². The van der Waals surface area contributed by atoms with Crippen molar-refractivity contribution in [1.82, 2.24) is 15.5 Å². The van der Waals surface area contributed by atoms with Gasteiger partial charge in [0, 0.05) is 34.5 Å². The number of hydrogen-bond donors (Lipinski definition) is 3. The third-order valence-electron chi connectivity index (χ3n) is 10.4. The summed E-state index contributed by atoms with van der Waals surface area (Å²) in [6.45, 7) is 3.63. The van der Waals surface area contributed by atoms with Crippen LogP contribution in [-0.4, -0.2) is 93.9 Å². The highest BCUT2D eigenvalue weighted by Gasteiger charge is 2.66. The van der Waals surface area contributed by atoms with Crippen molar-refractivity contribution in [1.29, 1.82) is 0 Å².